The molecule has 0 aliphatic rings. The summed E-state index contributed by atoms with van der Waals surface area (Å²) in [4.78, 5) is 24.6. The zero-order valence-corrected chi connectivity index (χ0v) is 16.8. The van der Waals surface area contributed by atoms with E-state index >= 15 is 0 Å². The maximum absolute atomic E-state index is 14.1. The predicted octanol–water partition coefficient (Wildman–Crippen LogP) is 5.29. The van der Waals surface area contributed by atoms with Gasteiger partial charge in [-0.05, 0) is 32.4 Å². The third-order valence-electron chi connectivity index (χ3n) is 3.24. The number of carbonyl (C=O) groups is 2. The molecule has 0 radical (unpaired) electrons. The van der Waals surface area contributed by atoms with Gasteiger partial charge in [-0.25, -0.2) is 4.39 Å². The Bertz CT molecular complexity index is 623. The van der Waals surface area contributed by atoms with Gasteiger partial charge in [-0.1, -0.05) is 38.8 Å². The molecular formula is C18H25ClFNO3S. The molecule has 0 aliphatic carbocycles. The lowest BCUT2D eigenvalue weighted by Crippen LogP contribution is -2.23. The molecule has 1 unspecified atom stereocenters. The van der Waals surface area contributed by atoms with Crippen LogP contribution in [0.25, 0.3) is 0 Å². The summed E-state index contributed by atoms with van der Waals surface area (Å²) >= 11 is 7.35. The van der Waals surface area contributed by atoms with Crippen LogP contribution in [-0.2, 0) is 14.3 Å². The average Bonchev–Trinajstić information content (AvgIpc) is 2.50. The summed E-state index contributed by atoms with van der Waals surface area (Å²) in [6.45, 7) is 8.98. The van der Waals surface area contributed by atoms with Gasteiger partial charge >= 0.3 is 5.97 Å². The summed E-state index contributed by atoms with van der Waals surface area (Å²) in [5.41, 5.74) is 0.0538. The van der Waals surface area contributed by atoms with E-state index < -0.39 is 11.1 Å². The molecule has 0 saturated heterocycles. The number of hydrogen-bond donors (Lipinski definition) is 1. The number of rotatable bonds is 8. The first-order valence-corrected chi connectivity index (χ1v) is 9.58. The van der Waals surface area contributed by atoms with Gasteiger partial charge in [-0.2, -0.15) is 0 Å². The van der Waals surface area contributed by atoms with Crippen molar-refractivity contribution in [2.24, 2.45) is 5.92 Å². The number of thioether (sulfide) groups is 1. The van der Waals surface area contributed by atoms with Crippen LogP contribution in [0.15, 0.2) is 17.0 Å². The zero-order chi connectivity index (χ0) is 19.1. The van der Waals surface area contributed by atoms with Gasteiger partial charge in [-0.3, -0.25) is 9.59 Å². The first kappa shape index (κ1) is 21.8. The standard InChI is InChI=1S/C18H25ClFNO3S/c1-6-7-15(18(23)24-11(4)5)25-16-9-14(13(20)8-12(16)19)21-17(22)10(2)3/h8-11,15H,6-7H2,1-5H3,(H,21,22). The molecule has 1 aromatic carbocycles. The van der Waals surface area contributed by atoms with Crippen molar-refractivity contribution in [3.05, 3.63) is 23.0 Å². The van der Waals surface area contributed by atoms with Gasteiger partial charge in [0, 0.05) is 10.8 Å². The number of nitrogens with one attached hydrogen (secondary N) is 1. The minimum absolute atomic E-state index is 0.0538. The number of carbonyl (C=O) groups excluding carboxylic acids is 2. The lowest BCUT2D eigenvalue weighted by atomic mass is 10.2. The summed E-state index contributed by atoms with van der Waals surface area (Å²) in [5, 5.41) is 2.30. The first-order chi connectivity index (χ1) is 11.6. The molecule has 0 aromatic heterocycles. The normalized spacial score (nSPS) is 12.4. The second-order valence-corrected chi connectivity index (χ2v) is 7.94. The molecule has 1 atom stereocenters. The summed E-state index contributed by atoms with van der Waals surface area (Å²) in [6, 6.07) is 2.62. The van der Waals surface area contributed by atoms with Crippen molar-refractivity contribution in [3.63, 3.8) is 0 Å². The number of ether oxygens (including phenoxy) is 1. The van der Waals surface area contributed by atoms with Gasteiger partial charge in [0.25, 0.3) is 0 Å². The van der Waals surface area contributed by atoms with Crippen LogP contribution in [0.1, 0.15) is 47.5 Å². The third-order valence-corrected chi connectivity index (χ3v) is 4.97. The Labute approximate surface area is 157 Å². The molecule has 7 heteroatoms. The van der Waals surface area contributed by atoms with Crippen LogP contribution in [-0.4, -0.2) is 23.2 Å². The summed E-state index contributed by atoms with van der Waals surface area (Å²) in [5.74, 6) is -1.50. The predicted molar refractivity (Wildman–Crippen MR) is 101 cm³/mol. The Hall–Kier alpha value is -1.27. The Kier molecular flexibility index (Phi) is 8.73. The molecular weight excluding hydrogens is 365 g/mol. The van der Waals surface area contributed by atoms with E-state index in [2.05, 4.69) is 5.32 Å². The van der Waals surface area contributed by atoms with Crippen LogP contribution in [0, 0.1) is 11.7 Å². The Morgan fingerprint density at radius 1 is 1.28 bits per heavy atom. The number of halogens is 2. The molecule has 4 nitrogen and oxygen atoms in total. The lowest BCUT2D eigenvalue weighted by Gasteiger charge is -2.18. The van der Waals surface area contributed by atoms with Crippen LogP contribution >= 0.6 is 23.4 Å². The number of anilines is 1. The number of esters is 1. The fourth-order valence-electron chi connectivity index (χ4n) is 1.94. The van der Waals surface area contributed by atoms with E-state index in [4.69, 9.17) is 16.3 Å². The van der Waals surface area contributed by atoms with Gasteiger partial charge in [-0.15, -0.1) is 11.8 Å². The number of benzene rings is 1. The quantitative estimate of drug-likeness (QED) is 0.485. The topological polar surface area (TPSA) is 55.4 Å². The summed E-state index contributed by atoms with van der Waals surface area (Å²) < 4.78 is 19.4. The van der Waals surface area contributed by atoms with Crippen molar-refractivity contribution < 1.29 is 18.7 Å². The Morgan fingerprint density at radius 2 is 1.92 bits per heavy atom. The molecule has 0 bridgehead atoms. The molecule has 0 spiro atoms. The fourth-order valence-corrected chi connectivity index (χ4v) is 3.39. The third kappa shape index (κ3) is 6.86. The van der Waals surface area contributed by atoms with Gasteiger partial charge < -0.3 is 10.1 Å². The number of amides is 1. The van der Waals surface area contributed by atoms with Crippen LogP contribution < -0.4 is 5.32 Å². The van der Waals surface area contributed by atoms with Gasteiger partial charge in [0.05, 0.1) is 16.8 Å². The molecule has 0 heterocycles. The maximum atomic E-state index is 14.1. The fraction of sp³-hybridized carbons (Fsp3) is 0.556. The zero-order valence-electron chi connectivity index (χ0n) is 15.2. The molecule has 0 saturated carbocycles. The highest BCUT2D eigenvalue weighted by Crippen LogP contribution is 2.36. The van der Waals surface area contributed by atoms with Crippen LogP contribution in [0.3, 0.4) is 0 Å². The molecule has 25 heavy (non-hydrogen) atoms. The highest BCUT2D eigenvalue weighted by molar-refractivity contribution is 8.00. The van der Waals surface area contributed by atoms with Gasteiger partial charge in [0.15, 0.2) is 0 Å². The van der Waals surface area contributed by atoms with Crippen LogP contribution in [0.4, 0.5) is 10.1 Å². The van der Waals surface area contributed by atoms with Crippen molar-refractivity contribution in [1.82, 2.24) is 0 Å². The Balaban J connectivity index is 3.05. The SMILES string of the molecule is CCCC(Sc1cc(NC(=O)C(C)C)c(F)cc1Cl)C(=O)OC(C)C. The Morgan fingerprint density at radius 3 is 2.44 bits per heavy atom. The molecule has 1 rings (SSSR count). The van der Waals surface area contributed by atoms with Crippen molar-refractivity contribution in [1.29, 1.82) is 0 Å². The average molecular weight is 390 g/mol. The summed E-state index contributed by atoms with van der Waals surface area (Å²) in [7, 11) is 0. The smallest absolute Gasteiger partial charge is 0.319 e. The van der Waals surface area contributed by atoms with Crippen LogP contribution in [0.5, 0.6) is 0 Å². The molecule has 0 fully saturated rings. The van der Waals surface area contributed by atoms with E-state index in [-0.39, 0.29) is 34.6 Å². The van der Waals surface area contributed by atoms with E-state index in [9.17, 15) is 14.0 Å². The lowest BCUT2D eigenvalue weighted by molar-refractivity contribution is -0.146. The molecule has 0 aliphatic heterocycles. The van der Waals surface area contributed by atoms with Crippen molar-refractivity contribution >= 4 is 40.9 Å². The minimum atomic E-state index is -0.611. The van der Waals surface area contributed by atoms with Crippen LogP contribution in [0.2, 0.25) is 5.02 Å². The number of hydrogen-bond acceptors (Lipinski definition) is 4. The van der Waals surface area contributed by atoms with E-state index in [0.29, 0.717) is 11.3 Å². The van der Waals surface area contributed by atoms with E-state index in [1.54, 1.807) is 27.7 Å². The van der Waals surface area contributed by atoms with Crippen molar-refractivity contribution in [2.75, 3.05) is 5.32 Å². The monoisotopic (exact) mass is 389 g/mol. The molecule has 1 N–H and O–H groups in total. The second-order valence-electron chi connectivity index (χ2n) is 6.29. The van der Waals surface area contributed by atoms with Crippen molar-refractivity contribution in [2.45, 2.75) is 63.7 Å². The maximum Gasteiger partial charge on any atom is 0.319 e. The van der Waals surface area contributed by atoms with E-state index in [1.807, 2.05) is 6.92 Å². The second kappa shape index (κ2) is 10.0. The molecule has 1 amide bonds. The largest absolute Gasteiger partial charge is 0.462 e. The van der Waals surface area contributed by atoms with Gasteiger partial charge in [0.2, 0.25) is 5.91 Å². The highest BCUT2D eigenvalue weighted by atomic mass is 35.5. The van der Waals surface area contributed by atoms with Crippen molar-refractivity contribution in [3.8, 4) is 0 Å². The summed E-state index contributed by atoms with van der Waals surface area (Å²) in [6.07, 6.45) is 1.19. The molecule has 140 valence electrons. The molecule has 1 aromatic rings. The van der Waals surface area contributed by atoms with Gasteiger partial charge in [0.1, 0.15) is 11.1 Å². The van der Waals surface area contributed by atoms with E-state index in [1.165, 1.54) is 17.8 Å². The highest BCUT2D eigenvalue weighted by Gasteiger charge is 2.24. The first-order valence-electron chi connectivity index (χ1n) is 8.32. The van der Waals surface area contributed by atoms with E-state index in [0.717, 1.165) is 12.5 Å². The minimum Gasteiger partial charge on any atom is -0.462 e.